The number of hydrogen-bond donors (Lipinski definition) is 2. The Kier molecular flexibility index (Phi) is 43.8. The summed E-state index contributed by atoms with van der Waals surface area (Å²) in [7, 11) is 1.20. The third-order valence-electron chi connectivity index (χ3n) is 10.4. The molecule has 0 spiro atoms. The van der Waals surface area contributed by atoms with Crippen molar-refractivity contribution in [1.82, 2.24) is 5.32 Å². The maximum atomic E-state index is 12.9. The Bertz CT molecular complexity index is 1460. The first-order chi connectivity index (χ1) is 31.5. The van der Waals surface area contributed by atoms with Crippen LogP contribution in [0.3, 0.4) is 0 Å². The highest BCUT2D eigenvalue weighted by Gasteiger charge is 2.23. The molecule has 0 aliphatic heterocycles. The summed E-state index contributed by atoms with van der Waals surface area (Å²) in [5.74, 6) is -0.261. The highest BCUT2D eigenvalue weighted by Crippen LogP contribution is 2.38. The molecule has 0 aliphatic carbocycles. The number of amides is 1. The summed E-state index contributed by atoms with van der Waals surface area (Å²) < 4.78 is 23.2. The van der Waals surface area contributed by atoms with Crippen LogP contribution in [-0.2, 0) is 18.4 Å². The van der Waals surface area contributed by atoms with Crippen LogP contribution in [0.4, 0.5) is 0 Å². The van der Waals surface area contributed by atoms with Crippen molar-refractivity contribution in [1.29, 1.82) is 0 Å². The zero-order valence-electron chi connectivity index (χ0n) is 41.9. The van der Waals surface area contributed by atoms with E-state index in [0.29, 0.717) is 17.4 Å². The van der Waals surface area contributed by atoms with Gasteiger partial charge in [0.1, 0.15) is 13.2 Å². The van der Waals surface area contributed by atoms with Gasteiger partial charge < -0.3 is 28.8 Å². The summed E-state index contributed by atoms with van der Waals surface area (Å²) in [6.07, 6.45) is 68.3. The van der Waals surface area contributed by atoms with Crippen LogP contribution >= 0.6 is 7.82 Å². The van der Waals surface area contributed by atoms with E-state index in [1.54, 1.807) is 6.08 Å². The number of quaternary nitrogens is 1. The standard InChI is InChI=1S/C56H95N2O6P/c1-6-8-10-12-14-16-18-20-22-23-24-25-26-27-28-29-30-31-32-33-34-35-36-38-40-42-44-46-48-50-56(60)57-54(53-64-65(61,62)63-52-51-58(3,4)5)55(59)49-47-45-43-41-39-37-21-19-17-15-13-11-9-7-2/h8,10,14,16,20,22,24-25,27-28,30-31,33-34,36,38,42,44,47,49,54-55,59H,6-7,9,11-13,15,17-19,21,23,26,29,32,35,37,39-41,43,45-46,48,50-53H2,1-5H3,(H-,57,60,61,62)/b10-8-,16-14-,22-20-,25-24-,28-27-,31-30-,34-33-,38-36-,44-42-,49-47+. The summed E-state index contributed by atoms with van der Waals surface area (Å²) in [4.78, 5) is 25.4. The van der Waals surface area contributed by atoms with E-state index in [-0.39, 0.29) is 18.9 Å². The van der Waals surface area contributed by atoms with E-state index >= 15 is 0 Å². The molecule has 0 aromatic heterocycles. The van der Waals surface area contributed by atoms with Crippen molar-refractivity contribution >= 4 is 13.7 Å². The SMILES string of the molecule is CC/C=C\C/C=C\C/C=C\C/C=C\C/C=C\C/C=C\C/C=C\C/C=C\C/C=C\CCCC(=O)NC(COP(=O)([O-])OCC[N+](C)(C)C)C(O)/C=C/CCCCCCCCCCCCCC. The van der Waals surface area contributed by atoms with Gasteiger partial charge in [0.15, 0.2) is 0 Å². The molecule has 0 fully saturated rings. The maximum Gasteiger partial charge on any atom is 0.268 e. The fourth-order valence-corrected chi connectivity index (χ4v) is 7.17. The van der Waals surface area contributed by atoms with E-state index < -0.39 is 26.6 Å². The van der Waals surface area contributed by atoms with Crippen molar-refractivity contribution in [2.24, 2.45) is 0 Å². The Labute approximate surface area is 399 Å². The number of nitrogens with zero attached hydrogens (tertiary/aromatic N) is 1. The van der Waals surface area contributed by atoms with Crippen LogP contribution in [0.2, 0.25) is 0 Å². The lowest BCUT2D eigenvalue weighted by atomic mass is 10.0. The van der Waals surface area contributed by atoms with Crippen molar-refractivity contribution in [3.8, 4) is 0 Å². The molecule has 0 radical (unpaired) electrons. The van der Waals surface area contributed by atoms with E-state index in [4.69, 9.17) is 9.05 Å². The molecule has 3 unspecified atom stereocenters. The van der Waals surface area contributed by atoms with E-state index in [1.807, 2.05) is 27.2 Å². The number of aliphatic hydroxyl groups is 1. The Balaban J connectivity index is 4.43. The normalized spacial score (nSPS) is 15.1. The van der Waals surface area contributed by atoms with E-state index in [2.05, 4.69) is 129 Å². The number of phosphoric ester groups is 1. The van der Waals surface area contributed by atoms with Gasteiger partial charge in [0, 0.05) is 6.42 Å². The third-order valence-corrected chi connectivity index (χ3v) is 11.4. The number of unbranched alkanes of at least 4 members (excludes halogenated alkanes) is 13. The molecule has 0 saturated carbocycles. The Hall–Kier alpha value is -3.10. The van der Waals surface area contributed by atoms with Crippen LogP contribution in [0, 0.1) is 0 Å². The number of hydrogen-bond acceptors (Lipinski definition) is 6. The monoisotopic (exact) mass is 923 g/mol. The van der Waals surface area contributed by atoms with Gasteiger partial charge in [-0.25, -0.2) is 0 Å². The second-order valence-electron chi connectivity index (χ2n) is 17.8. The van der Waals surface area contributed by atoms with E-state index in [0.717, 1.165) is 83.5 Å². The van der Waals surface area contributed by atoms with Gasteiger partial charge in [0.2, 0.25) is 5.91 Å². The number of rotatable bonds is 44. The van der Waals surface area contributed by atoms with E-state index in [9.17, 15) is 19.4 Å². The molecule has 0 rings (SSSR count). The molecular weight excluding hydrogens is 828 g/mol. The van der Waals surface area contributed by atoms with Crippen molar-refractivity contribution in [2.75, 3.05) is 40.9 Å². The van der Waals surface area contributed by atoms with Crippen LogP contribution < -0.4 is 10.2 Å². The average Bonchev–Trinajstić information content (AvgIpc) is 3.26. The summed E-state index contributed by atoms with van der Waals surface area (Å²) in [6.45, 7) is 4.46. The lowest BCUT2D eigenvalue weighted by Crippen LogP contribution is -2.45. The van der Waals surface area contributed by atoms with Crippen LogP contribution in [0.5, 0.6) is 0 Å². The minimum atomic E-state index is -4.62. The van der Waals surface area contributed by atoms with Crippen molar-refractivity contribution in [2.45, 2.75) is 187 Å². The molecule has 0 bridgehead atoms. The van der Waals surface area contributed by atoms with Gasteiger partial charge in [-0.3, -0.25) is 9.36 Å². The minimum Gasteiger partial charge on any atom is -0.756 e. The zero-order valence-corrected chi connectivity index (χ0v) is 42.8. The molecule has 0 saturated heterocycles. The van der Waals surface area contributed by atoms with Crippen LogP contribution in [-0.4, -0.2) is 68.5 Å². The van der Waals surface area contributed by atoms with Crippen molar-refractivity contribution in [3.05, 3.63) is 122 Å². The third kappa shape index (κ3) is 48.6. The van der Waals surface area contributed by atoms with Crippen LogP contribution in [0.1, 0.15) is 174 Å². The number of likely N-dealkylation sites (N-methyl/N-ethyl adjacent to an activating group) is 1. The molecule has 65 heavy (non-hydrogen) atoms. The number of nitrogens with one attached hydrogen (secondary N) is 1. The summed E-state index contributed by atoms with van der Waals surface area (Å²) in [5.41, 5.74) is 0. The second-order valence-corrected chi connectivity index (χ2v) is 19.2. The van der Waals surface area contributed by atoms with Gasteiger partial charge in [-0.1, -0.05) is 206 Å². The molecule has 0 aliphatic rings. The predicted octanol–water partition coefficient (Wildman–Crippen LogP) is 14.4. The maximum absolute atomic E-state index is 12.9. The number of carbonyl (C=O) groups is 1. The highest BCUT2D eigenvalue weighted by molar-refractivity contribution is 7.45. The molecule has 1 amide bonds. The smallest absolute Gasteiger partial charge is 0.268 e. The molecule has 8 nitrogen and oxygen atoms in total. The molecule has 0 aromatic carbocycles. The molecule has 3 atom stereocenters. The zero-order chi connectivity index (χ0) is 47.8. The average molecular weight is 923 g/mol. The number of aliphatic hydroxyl groups excluding tert-OH is 1. The molecular formula is C56H95N2O6P. The van der Waals surface area contributed by atoms with Gasteiger partial charge in [-0.2, -0.15) is 0 Å². The van der Waals surface area contributed by atoms with Crippen LogP contribution in [0.15, 0.2) is 122 Å². The topological polar surface area (TPSA) is 108 Å². The van der Waals surface area contributed by atoms with Gasteiger partial charge >= 0.3 is 0 Å². The van der Waals surface area contributed by atoms with Crippen molar-refractivity contribution < 1.29 is 32.9 Å². The van der Waals surface area contributed by atoms with Gasteiger partial charge in [-0.15, -0.1) is 0 Å². The first kappa shape index (κ1) is 61.9. The fraction of sp³-hybridized carbons (Fsp3) is 0.625. The first-order valence-corrected chi connectivity index (χ1v) is 26.9. The quantitative estimate of drug-likeness (QED) is 0.0273. The lowest BCUT2D eigenvalue weighted by Gasteiger charge is -2.29. The van der Waals surface area contributed by atoms with Gasteiger partial charge in [-0.05, 0) is 83.5 Å². The highest BCUT2D eigenvalue weighted by atomic mass is 31.2. The molecule has 0 heterocycles. The minimum absolute atomic E-state index is 0.0190. The lowest BCUT2D eigenvalue weighted by molar-refractivity contribution is -0.870. The second kappa shape index (κ2) is 46.0. The number of phosphoric acid groups is 1. The first-order valence-electron chi connectivity index (χ1n) is 25.4. The predicted molar refractivity (Wildman–Crippen MR) is 279 cm³/mol. The Morgan fingerprint density at radius 2 is 0.938 bits per heavy atom. The molecule has 2 N–H and O–H groups in total. The molecule has 0 aromatic rings. The number of allylic oxidation sites excluding steroid dienone is 19. The largest absolute Gasteiger partial charge is 0.756 e. The van der Waals surface area contributed by atoms with Gasteiger partial charge in [0.05, 0.1) is 39.9 Å². The number of carbonyl (C=O) groups excluding carboxylic acids is 1. The van der Waals surface area contributed by atoms with Gasteiger partial charge in [0.25, 0.3) is 7.82 Å². The summed E-state index contributed by atoms with van der Waals surface area (Å²) in [5, 5.41) is 13.8. The fourth-order valence-electron chi connectivity index (χ4n) is 6.45. The van der Waals surface area contributed by atoms with E-state index in [1.165, 1.54) is 64.2 Å². The summed E-state index contributed by atoms with van der Waals surface area (Å²) in [6, 6.07) is -0.926. The summed E-state index contributed by atoms with van der Waals surface area (Å²) >= 11 is 0. The Morgan fingerprint density at radius 1 is 0.554 bits per heavy atom. The molecule has 9 heteroatoms. The molecule has 370 valence electrons. The Morgan fingerprint density at radius 3 is 1.35 bits per heavy atom. The van der Waals surface area contributed by atoms with Crippen LogP contribution in [0.25, 0.3) is 0 Å². The van der Waals surface area contributed by atoms with Crippen molar-refractivity contribution in [3.63, 3.8) is 0 Å².